The highest BCUT2D eigenvalue weighted by molar-refractivity contribution is 5.94. The van der Waals surface area contributed by atoms with Crippen LogP contribution in [-0.2, 0) is 0 Å². The molecule has 1 aromatic carbocycles. The number of carbonyl (C=O) groups is 1. The van der Waals surface area contributed by atoms with Gasteiger partial charge in [-0.2, -0.15) is 0 Å². The van der Waals surface area contributed by atoms with Gasteiger partial charge in [0.05, 0.1) is 6.04 Å². The highest BCUT2D eigenvalue weighted by Crippen LogP contribution is 2.26. The predicted octanol–water partition coefficient (Wildman–Crippen LogP) is 3.43. The van der Waals surface area contributed by atoms with Crippen molar-refractivity contribution in [2.24, 2.45) is 0 Å². The lowest BCUT2D eigenvalue weighted by atomic mass is 10.1. The van der Waals surface area contributed by atoms with Crippen molar-refractivity contribution in [1.29, 1.82) is 0 Å². The molecule has 1 aliphatic rings. The highest BCUT2D eigenvalue weighted by Gasteiger charge is 2.27. The van der Waals surface area contributed by atoms with Crippen LogP contribution in [0.2, 0.25) is 0 Å². The Morgan fingerprint density at radius 2 is 1.88 bits per heavy atom. The fourth-order valence-electron chi connectivity index (χ4n) is 3.09. The van der Waals surface area contributed by atoms with E-state index in [1.54, 1.807) is 0 Å². The van der Waals surface area contributed by atoms with E-state index in [0.717, 1.165) is 49.6 Å². The number of benzene rings is 1. The molecule has 6 heteroatoms. The number of nitrogens with one attached hydrogen (secondary N) is 1. The number of furan rings is 1. The Labute approximate surface area is 139 Å². The molecule has 2 heterocycles. The highest BCUT2D eigenvalue weighted by atomic mass is 19.1. The van der Waals surface area contributed by atoms with Crippen molar-refractivity contribution in [3.05, 3.63) is 59.1 Å². The van der Waals surface area contributed by atoms with Crippen LogP contribution in [0.25, 0.3) is 0 Å². The Hall–Kier alpha value is -2.21. The summed E-state index contributed by atoms with van der Waals surface area (Å²) < 4.78 is 33.1. The molecule has 4 nitrogen and oxygen atoms in total. The average molecular weight is 334 g/mol. The molecule has 2 aromatic rings. The first-order valence-corrected chi connectivity index (χ1v) is 8.09. The van der Waals surface area contributed by atoms with Crippen LogP contribution >= 0.6 is 0 Å². The maximum Gasteiger partial charge on any atom is 0.257 e. The fourth-order valence-corrected chi connectivity index (χ4v) is 3.09. The lowest BCUT2D eigenvalue weighted by Crippen LogP contribution is -2.37. The molecule has 128 valence electrons. The summed E-state index contributed by atoms with van der Waals surface area (Å²) in [5, 5.41) is 2.64. The molecule has 1 N–H and O–H groups in total. The smallest absolute Gasteiger partial charge is 0.257 e. The second-order valence-electron chi connectivity index (χ2n) is 6.01. The summed E-state index contributed by atoms with van der Waals surface area (Å²) in [4.78, 5) is 14.4. The van der Waals surface area contributed by atoms with Crippen molar-refractivity contribution in [1.82, 2.24) is 10.2 Å². The van der Waals surface area contributed by atoms with Gasteiger partial charge in [-0.15, -0.1) is 0 Å². The number of rotatable bonds is 5. The third-order valence-corrected chi connectivity index (χ3v) is 4.32. The first-order valence-electron chi connectivity index (χ1n) is 8.09. The fraction of sp³-hybridized carbons (Fsp3) is 0.389. The Morgan fingerprint density at radius 1 is 1.21 bits per heavy atom. The average Bonchev–Trinajstić information content (AvgIpc) is 3.20. The van der Waals surface area contributed by atoms with E-state index >= 15 is 0 Å². The van der Waals surface area contributed by atoms with E-state index in [1.807, 2.05) is 19.1 Å². The second kappa shape index (κ2) is 7.13. The summed E-state index contributed by atoms with van der Waals surface area (Å²) >= 11 is 0. The van der Waals surface area contributed by atoms with E-state index in [0.29, 0.717) is 0 Å². The molecule has 24 heavy (non-hydrogen) atoms. The largest absolute Gasteiger partial charge is 0.465 e. The van der Waals surface area contributed by atoms with Crippen molar-refractivity contribution in [2.45, 2.75) is 25.8 Å². The topological polar surface area (TPSA) is 45.5 Å². The van der Waals surface area contributed by atoms with Gasteiger partial charge < -0.3 is 9.73 Å². The monoisotopic (exact) mass is 334 g/mol. The van der Waals surface area contributed by atoms with Gasteiger partial charge in [0.2, 0.25) is 0 Å². The molecule has 3 rings (SSSR count). The van der Waals surface area contributed by atoms with Crippen LogP contribution in [0.15, 0.2) is 34.7 Å². The minimum Gasteiger partial charge on any atom is -0.465 e. The minimum absolute atomic E-state index is 0.139. The molecule has 0 spiro atoms. The van der Waals surface area contributed by atoms with Gasteiger partial charge in [-0.05, 0) is 57.1 Å². The standard InChI is InChI=1S/C18H20F2N2O2/c1-12-7-8-16(24-12)15(22-9-2-3-10-22)11-21-18(23)17-13(19)5-4-6-14(17)20/h4-8,15H,2-3,9-11H2,1H3,(H,21,23)/t15-/m1/s1. The van der Waals surface area contributed by atoms with Crippen LogP contribution in [0.3, 0.4) is 0 Å². The molecule has 1 fully saturated rings. The Morgan fingerprint density at radius 3 is 2.46 bits per heavy atom. The summed E-state index contributed by atoms with van der Waals surface area (Å²) in [6.45, 7) is 3.92. The molecule has 1 aromatic heterocycles. The van der Waals surface area contributed by atoms with Gasteiger partial charge >= 0.3 is 0 Å². The first-order chi connectivity index (χ1) is 11.6. The third kappa shape index (κ3) is 3.48. The van der Waals surface area contributed by atoms with Crippen molar-refractivity contribution in [3.8, 4) is 0 Å². The zero-order valence-electron chi connectivity index (χ0n) is 13.5. The van der Waals surface area contributed by atoms with E-state index in [9.17, 15) is 13.6 Å². The Bertz CT molecular complexity index is 703. The van der Waals surface area contributed by atoms with Gasteiger partial charge in [0.15, 0.2) is 0 Å². The number of likely N-dealkylation sites (tertiary alicyclic amines) is 1. The zero-order valence-corrected chi connectivity index (χ0v) is 13.5. The van der Waals surface area contributed by atoms with Crippen molar-refractivity contribution in [3.63, 3.8) is 0 Å². The predicted molar refractivity (Wildman–Crippen MR) is 85.7 cm³/mol. The molecular formula is C18H20F2N2O2. The van der Waals surface area contributed by atoms with Crippen LogP contribution in [0, 0.1) is 18.6 Å². The maximum absolute atomic E-state index is 13.7. The molecule has 1 aliphatic heterocycles. The molecule has 0 unspecified atom stereocenters. The first kappa shape index (κ1) is 16.6. The van der Waals surface area contributed by atoms with Gasteiger partial charge in [-0.25, -0.2) is 8.78 Å². The normalized spacial score (nSPS) is 16.3. The Kier molecular flexibility index (Phi) is 4.94. The van der Waals surface area contributed by atoms with Crippen molar-refractivity contribution in [2.75, 3.05) is 19.6 Å². The molecule has 1 atom stereocenters. The number of hydrogen-bond donors (Lipinski definition) is 1. The zero-order chi connectivity index (χ0) is 17.1. The molecule has 0 bridgehead atoms. The van der Waals surface area contributed by atoms with E-state index in [-0.39, 0.29) is 12.6 Å². The van der Waals surface area contributed by atoms with E-state index in [2.05, 4.69) is 10.2 Å². The molecule has 1 saturated heterocycles. The number of hydrogen-bond acceptors (Lipinski definition) is 3. The van der Waals surface area contributed by atoms with Gasteiger partial charge in [0.25, 0.3) is 5.91 Å². The number of halogens is 2. The maximum atomic E-state index is 13.7. The van der Waals surface area contributed by atoms with E-state index in [4.69, 9.17) is 4.42 Å². The van der Waals surface area contributed by atoms with Crippen molar-refractivity contribution >= 4 is 5.91 Å². The molecular weight excluding hydrogens is 314 g/mol. The van der Waals surface area contributed by atoms with Crippen LogP contribution in [0.5, 0.6) is 0 Å². The Balaban J connectivity index is 1.75. The quantitative estimate of drug-likeness (QED) is 0.911. The molecule has 0 radical (unpaired) electrons. The van der Waals surface area contributed by atoms with E-state index < -0.39 is 23.1 Å². The van der Waals surface area contributed by atoms with Crippen LogP contribution in [0.1, 0.15) is 40.8 Å². The van der Waals surface area contributed by atoms with Gasteiger partial charge in [-0.3, -0.25) is 9.69 Å². The molecule has 0 aliphatic carbocycles. The summed E-state index contributed by atoms with van der Waals surface area (Å²) in [6, 6.07) is 7.00. The summed E-state index contributed by atoms with van der Waals surface area (Å²) in [7, 11) is 0. The summed E-state index contributed by atoms with van der Waals surface area (Å²) in [6.07, 6.45) is 2.18. The number of amides is 1. The minimum atomic E-state index is -0.862. The van der Waals surface area contributed by atoms with Crippen LogP contribution in [0.4, 0.5) is 8.78 Å². The lowest BCUT2D eigenvalue weighted by Gasteiger charge is -2.26. The molecule has 1 amide bonds. The third-order valence-electron chi connectivity index (χ3n) is 4.32. The SMILES string of the molecule is Cc1ccc([C@@H](CNC(=O)c2c(F)cccc2F)N2CCCC2)o1. The summed E-state index contributed by atoms with van der Waals surface area (Å²) in [5.74, 6) is -0.930. The van der Waals surface area contributed by atoms with Crippen molar-refractivity contribution < 1.29 is 18.0 Å². The van der Waals surface area contributed by atoms with E-state index in [1.165, 1.54) is 6.07 Å². The van der Waals surface area contributed by atoms with Crippen LogP contribution < -0.4 is 5.32 Å². The van der Waals surface area contributed by atoms with Gasteiger partial charge in [-0.1, -0.05) is 6.07 Å². The van der Waals surface area contributed by atoms with Gasteiger partial charge in [0, 0.05) is 6.54 Å². The number of nitrogens with zero attached hydrogens (tertiary/aromatic N) is 1. The van der Waals surface area contributed by atoms with Crippen LogP contribution in [-0.4, -0.2) is 30.4 Å². The van der Waals surface area contributed by atoms with Gasteiger partial charge in [0.1, 0.15) is 28.7 Å². The number of aryl methyl sites for hydroxylation is 1. The molecule has 0 saturated carbocycles. The lowest BCUT2D eigenvalue weighted by molar-refractivity contribution is 0.0925. The summed E-state index contributed by atoms with van der Waals surface area (Å²) in [5.41, 5.74) is -0.548. The second-order valence-corrected chi connectivity index (χ2v) is 6.01. The number of carbonyl (C=O) groups excluding carboxylic acids is 1.